The van der Waals surface area contributed by atoms with Crippen molar-refractivity contribution in [3.8, 4) is 5.69 Å². The molecule has 2 rings (SSSR count). The maximum absolute atomic E-state index is 13.6. The van der Waals surface area contributed by atoms with Crippen molar-refractivity contribution < 1.29 is 9.31 Å². The van der Waals surface area contributed by atoms with Gasteiger partial charge in [0.05, 0.1) is 16.5 Å². The van der Waals surface area contributed by atoms with E-state index in [1.165, 1.54) is 6.20 Å². The monoisotopic (exact) mass is 270 g/mol. The van der Waals surface area contributed by atoms with Crippen LogP contribution in [-0.4, -0.2) is 19.9 Å². The van der Waals surface area contributed by atoms with E-state index in [1.807, 2.05) is 0 Å². The molecule has 0 fully saturated rings. The van der Waals surface area contributed by atoms with Crippen LogP contribution in [0.1, 0.15) is 18.0 Å². The van der Waals surface area contributed by atoms with Crippen LogP contribution < -0.4 is 0 Å². The van der Waals surface area contributed by atoms with Gasteiger partial charge in [-0.25, -0.2) is 9.07 Å². The van der Waals surface area contributed by atoms with Crippen molar-refractivity contribution in [3.05, 3.63) is 46.0 Å². The summed E-state index contributed by atoms with van der Waals surface area (Å²) < 4.78 is 14.7. The molecule has 1 aromatic heterocycles. The van der Waals surface area contributed by atoms with Gasteiger partial charge in [-0.3, -0.25) is 10.1 Å². The van der Waals surface area contributed by atoms with E-state index in [9.17, 15) is 14.5 Å². The highest BCUT2D eigenvalue weighted by molar-refractivity contribution is 6.20. The molecule has 0 amide bonds. The molecule has 1 heterocycles. The Morgan fingerprint density at radius 2 is 2.28 bits per heavy atom. The van der Waals surface area contributed by atoms with Gasteiger partial charge in [-0.05, 0) is 13.0 Å². The summed E-state index contributed by atoms with van der Waals surface area (Å²) in [5.41, 5.74) is 0.199. The molecule has 0 spiro atoms. The SMILES string of the molecule is CC(Cl)c1cn(-c2cc([N+](=O)[O-])ccc2F)nn1. The van der Waals surface area contributed by atoms with Gasteiger partial charge < -0.3 is 0 Å². The van der Waals surface area contributed by atoms with Crippen molar-refractivity contribution in [2.75, 3.05) is 0 Å². The topological polar surface area (TPSA) is 73.8 Å². The van der Waals surface area contributed by atoms with Crippen molar-refractivity contribution in [2.24, 2.45) is 0 Å². The second-order valence-corrected chi connectivity index (χ2v) is 4.25. The molecule has 0 N–H and O–H groups in total. The number of hydrogen-bond acceptors (Lipinski definition) is 4. The molecule has 0 aliphatic heterocycles. The van der Waals surface area contributed by atoms with Crippen LogP contribution >= 0.6 is 11.6 Å². The Labute approximate surface area is 106 Å². The summed E-state index contributed by atoms with van der Waals surface area (Å²) in [6.45, 7) is 1.69. The number of nitro benzene ring substituents is 1. The molecule has 0 radical (unpaired) electrons. The van der Waals surface area contributed by atoms with Gasteiger partial charge in [0.15, 0.2) is 0 Å². The second-order valence-electron chi connectivity index (χ2n) is 3.60. The van der Waals surface area contributed by atoms with E-state index in [4.69, 9.17) is 11.6 Å². The van der Waals surface area contributed by atoms with Gasteiger partial charge in [-0.2, -0.15) is 0 Å². The van der Waals surface area contributed by atoms with Crippen LogP contribution in [0.25, 0.3) is 5.69 Å². The lowest BCUT2D eigenvalue weighted by Gasteiger charge is -2.01. The largest absolute Gasteiger partial charge is 0.271 e. The summed E-state index contributed by atoms with van der Waals surface area (Å²) in [5.74, 6) is -0.626. The average Bonchev–Trinajstić information content (AvgIpc) is 2.78. The highest BCUT2D eigenvalue weighted by Gasteiger charge is 2.15. The first kappa shape index (κ1) is 12.4. The predicted molar refractivity (Wildman–Crippen MR) is 62.2 cm³/mol. The molecule has 18 heavy (non-hydrogen) atoms. The third-order valence-corrected chi connectivity index (χ3v) is 2.53. The molecule has 2 aromatic rings. The number of benzene rings is 1. The Kier molecular flexibility index (Phi) is 3.24. The lowest BCUT2D eigenvalue weighted by Crippen LogP contribution is -2.00. The molecule has 0 saturated carbocycles. The van der Waals surface area contributed by atoms with Crippen molar-refractivity contribution >= 4 is 17.3 Å². The van der Waals surface area contributed by atoms with Crippen LogP contribution in [0.15, 0.2) is 24.4 Å². The van der Waals surface area contributed by atoms with Crippen LogP contribution in [0, 0.1) is 15.9 Å². The Morgan fingerprint density at radius 1 is 1.56 bits per heavy atom. The number of alkyl halides is 1. The van der Waals surface area contributed by atoms with Gasteiger partial charge in [0, 0.05) is 12.1 Å². The lowest BCUT2D eigenvalue weighted by molar-refractivity contribution is -0.384. The van der Waals surface area contributed by atoms with Crippen LogP contribution in [0.5, 0.6) is 0 Å². The van der Waals surface area contributed by atoms with E-state index in [-0.39, 0.29) is 16.8 Å². The van der Waals surface area contributed by atoms with Gasteiger partial charge in [-0.15, -0.1) is 16.7 Å². The zero-order chi connectivity index (χ0) is 13.3. The standard InChI is InChI=1S/C10H8ClFN4O2/c1-6(11)9-5-15(14-13-9)10-4-7(16(17)18)2-3-8(10)12/h2-6H,1H3. The van der Waals surface area contributed by atoms with E-state index in [2.05, 4.69) is 10.3 Å². The highest BCUT2D eigenvalue weighted by Crippen LogP contribution is 2.22. The molecule has 1 aromatic carbocycles. The molecular weight excluding hydrogens is 263 g/mol. The van der Waals surface area contributed by atoms with Gasteiger partial charge in [0.1, 0.15) is 17.2 Å². The Morgan fingerprint density at radius 3 is 2.83 bits per heavy atom. The molecule has 0 bridgehead atoms. The fraction of sp³-hybridized carbons (Fsp3) is 0.200. The first-order valence-corrected chi connectivity index (χ1v) is 5.43. The van der Waals surface area contributed by atoms with Crippen LogP contribution in [-0.2, 0) is 0 Å². The van der Waals surface area contributed by atoms with Gasteiger partial charge in [0.25, 0.3) is 5.69 Å². The quantitative estimate of drug-likeness (QED) is 0.488. The summed E-state index contributed by atoms with van der Waals surface area (Å²) >= 11 is 5.81. The first-order chi connectivity index (χ1) is 8.49. The summed E-state index contributed by atoms with van der Waals surface area (Å²) in [6, 6.07) is 3.19. The molecule has 6 nitrogen and oxygen atoms in total. The Hall–Kier alpha value is -2.02. The zero-order valence-electron chi connectivity index (χ0n) is 9.25. The van der Waals surface area contributed by atoms with Crippen molar-refractivity contribution in [1.29, 1.82) is 0 Å². The number of hydrogen-bond donors (Lipinski definition) is 0. The Balaban J connectivity index is 2.48. The zero-order valence-corrected chi connectivity index (χ0v) is 10.0. The number of non-ortho nitro benzene ring substituents is 1. The van der Waals surface area contributed by atoms with Gasteiger partial charge in [-0.1, -0.05) is 5.21 Å². The van der Waals surface area contributed by atoms with Crippen molar-refractivity contribution in [1.82, 2.24) is 15.0 Å². The van der Waals surface area contributed by atoms with Crippen molar-refractivity contribution in [3.63, 3.8) is 0 Å². The third-order valence-electron chi connectivity index (χ3n) is 2.31. The van der Waals surface area contributed by atoms with E-state index >= 15 is 0 Å². The maximum atomic E-state index is 13.6. The summed E-state index contributed by atoms with van der Waals surface area (Å²) in [4.78, 5) is 10.0. The molecule has 0 aliphatic carbocycles. The minimum absolute atomic E-state index is 0.0414. The number of aromatic nitrogens is 3. The molecule has 1 atom stereocenters. The minimum Gasteiger partial charge on any atom is -0.258 e. The van der Waals surface area contributed by atoms with E-state index in [1.54, 1.807) is 6.92 Å². The number of nitrogens with zero attached hydrogens (tertiary/aromatic N) is 4. The predicted octanol–water partition coefficient (Wildman–Crippen LogP) is 2.61. The number of rotatable bonds is 3. The van der Waals surface area contributed by atoms with Crippen LogP contribution in [0.3, 0.4) is 0 Å². The molecule has 0 aliphatic rings. The molecular formula is C10H8ClFN4O2. The Bertz CT molecular complexity index is 599. The van der Waals surface area contributed by atoms with Gasteiger partial charge >= 0.3 is 0 Å². The molecule has 1 unspecified atom stereocenters. The summed E-state index contributed by atoms with van der Waals surface area (Å²) in [6.07, 6.45) is 1.43. The molecule has 94 valence electrons. The third kappa shape index (κ3) is 2.30. The fourth-order valence-electron chi connectivity index (χ4n) is 1.37. The molecule has 8 heteroatoms. The summed E-state index contributed by atoms with van der Waals surface area (Å²) in [5, 5.41) is 17.7. The average molecular weight is 271 g/mol. The summed E-state index contributed by atoms with van der Waals surface area (Å²) in [7, 11) is 0. The van der Waals surface area contributed by atoms with E-state index in [0.717, 1.165) is 22.9 Å². The second kappa shape index (κ2) is 4.69. The smallest absolute Gasteiger partial charge is 0.258 e. The minimum atomic E-state index is -0.626. The van der Waals surface area contributed by atoms with E-state index in [0.29, 0.717) is 5.69 Å². The van der Waals surface area contributed by atoms with Crippen LogP contribution in [0.2, 0.25) is 0 Å². The maximum Gasteiger partial charge on any atom is 0.271 e. The van der Waals surface area contributed by atoms with E-state index < -0.39 is 10.7 Å². The highest BCUT2D eigenvalue weighted by atomic mass is 35.5. The number of nitro groups is 1. The lowest BCUT2D eigenvalue weighted by atomic mass is 10.2. The molecule has 0 saturated heterocycles. The van der Waals surface area contributed by atoms with Gasteiger partial charge in [0.2, 0.25) is 0 Å². The fourth-order valence-corrected chi connectivity index (χ4v) is 1.47. The van der Waals surface area contributed by atoms with Crippen molar-refractivity contribution in [2.45, 2.75) is 12.3 Å². The van der Waals surface area contributed by atoms with Crippen LogP contribution in [0.4, 0.5) is 10.1 Å². The first-order valence-electron chi connectivity index (χ1n) is 4.99. The number of halogens is 2. The normalized spacial score (nSPS) is 12.4.